The van der Waals surface area contributed by atoms with Crippen LogP contribution in [0.4, 0.5) is 13.2 Å². The van der Waals surface area contributed by atoms with E-state index in [2.05, 4.69) is 20.1 Å². The van der Waals surface area contributed by atoms with Gasteiger partial charge in [-0.1, -0.05) is 18.2 Å². The molecule has 3 heterocycles. The number of nitrogens with zero attached hydrogens (tertiary/aromatic N) is 4. The summed E-state index contributed by atoms with van der Waals surface area (Å²) < 4.78 is 43.1. The molecule has 1 saturated heterocycles. The molecule has 9 heteroatoms. The standard InChI is InChI=1S/C25H28F3N5S/c1-16-15-18(17(2)33(16)21-11-6-5-9-19(21)25(26,27)28)23-22(20-10-7-8-12-29-20)30-24(34)32(23)14-13-31(3)4/h5-12,15,22-23H,13-14H2,1-4H3,(H,30,34)/t22-,23-/m1/s1. The Kier molecular flexibility index (Phi) is 6.69. The van der Waals surface area contributed by atoms with Crippen molar-refractivity contribution in [2.45, 2.75) is 32.1 Å². The van der Waals surface area contributed by atoms with E-state index >= 15 is 0 Å². The number of aromatic nitrogens is 2. The number of thiocarbonyl (C=S) groups is 1. The molecular weight excluding hydrogens is 459 g/mol. The number of nitrogens with one attached hydrogen (secondary N) is 1. The first-order valence-electron chi connectivity index (χ1n) is 11.1. The Balaban J connectivity index is 1.85. The fourth-order valence-corrected chi connectivity index (χ4v) is 4.99. The fraction of sp³-hybridized carbons (Fsp3) is 0.360. The number of benzene rings is 1. The summed E-state index contributed by atoms with van der Waals surface area (Å²) in [4.78, 5) is 8.75. The van der Waals surface area contributed by atoms with Gasteiger partial charge in [0.1, 0.15) is 0 Å². The quantitative estimate of drug-likeness (QED) is 0.493. The van der Waals surface area contributed by atoms with Gasteiger partial charge in [-0.05, 0) is 76.1 Å². The smallest absolute Gasteiger partial charge is 0.352 e. The van der Waals surface area contributed by atoms with Crippen LogP contribution in [0, 0.1) is 13.8 Å². The Morgan fingerprint density at radius 3 is 2.44 bits per heavy atom. The second kappa shape index (κ2) is 9.38. The molecule has 34 heavy (non-hydrogen) atoms. The van der Waals surface area contributed by atoms with Gasteiger partial charge in [-0.25, -0.2) is 0 Å². The molecule has 0 saturated carbocycles. The van der Waals surface area contributed by atoms with Gasteiger partial charge in [0.2, 0.25) is 0 Å². The molecule has 1 N–H and O–H groups in total. The van der Waals surface area contributed by atoms with Crippen LogP contribution in [-0.4, -0.2) is 51.6 Å². The summed E-state index contributed by atoms with van der Waals surface area (Å²) in [6.45, 7) is 5.17. The van der Waals surface area contributed by atoms with Crippen LogP contribution >= 0.6 is 12.2 Å². The summed E-state index contributed by atoms with van der Waals surface area (Å²) in [5.41, 5.74) is 2.71. The van der Waals surface area contributed by atoms with Gasteiger partial charge >= 0.3 is 6.18 Å². The molecule has 0 bridgehead atoms. The summed E-state index contributed by atoms with van der Waals surface area (Å²) in [6.07, 6.45) is -2.72. The molecule has 3 aromatic rings. The van der Waals surface area contributed by atoms with Crippen molar-refractivity contribution in [3.63, 3.8) is 0 Å². The molecule has 2 atom stereocenters. The highest BCUT2D eigenvalue weighted by molar-refractivity contribution is 7.80. The molecule has 0 spiro atoms. The Morgan fingerprint density at radius 1 is 1.09 bits per heavy atom. The van der Waals surface area contributed by atoms with Gasteiger partial charge in [0.05, 0.1) is 29.0 Å². The van der Waals surface area contributed by atoms with E-state index < -0.39 is 11.7 Å². The monoisotopic (exact) mass is 487 g/mol. The van der Waals surface area contributed by atoms with Gasteiger partial charge in [0, 0.05) is 30.7 Å². The molecule has 5 nitrogen and oxygen atoms in total. The third-order valence-corrected chi connectivity index (χ3v) is 6.58. The number of aryl methyl sites for hydroxylation is 1. The number of halogens is 3. The zero-order valence-electron chi connectivity index (χ0n) is 19.6. The van der Waals surface area contributed by atoms with Crippen molar-refractivity contribution in [2.24, 2.45) is 0 Å². The minimum absolute atomic E-state index is 0.124. The van der Waals surface area contributed by atoms with E-state index in [0.29, 0.717) is 11.7 Å². The normalized spacial score (nSPS) is 18.6. The van der Waals surface area contributed by atoms with Crippen LogP contribution in [0.25, 0.3) is 5.69 Å². The van der Waals surface area contributed by atoms with Crippen LogP contribution in [0.1, 0.15) is 40.3 Å². The SMILES string of the molecule is Cc1cc([C@@H]2[C@@H](c3ccccn3)NC(=S)N2CCN(C)C)c(C)n1-c1ccccc1C(F)(F)F. The average Bonchev–Trinajstić information content (AvgIpc) is 3.27. The van der Waals surface area contributed by atoms with Gasteiger partial charge in [-0.2, -0.15) is 13.2 Å². The molecule has 1 aliphatic heterocycles. The van der Waals surface area contributed by atoms with E-state index in [1.54, 1.807) is 16.8 Å². The first-order chi connectivity index (χ1) is 16.1. The van der Waals surface area contributed by atoms with Gasteiger partial charge in [0.15, 0.2) is 5.11 Å². The predicted octanol–water partition coefficient (Wildman–Crippen LogP) is 5.04. The number of pyridine rings is 1. The maximum Gasteiger partial charge on any atom is 0.418 e. The van der Waals surface area contributed by atoms with Gasteiger partial charge in [0.25, 0.3) is 0 Å². The van der Waals surface area contributed by atoms with Crippen molar-refractivity contribution in [2.75, 3.05) is 27.2 Å². The topological polar surface area (TPSA) is 36.3 Å². The fourth-order valence-electron chi connectivity index (χ4n) is 4.66. The molecule has 2 aromatic heterocycles. The number of rotatable bonds is 6. The molecule has 0 aliphatic carbocycles. The molecule has 4 rings (SSSR count). The highest BCUT2D eigenvalue weighted by Crippen LogP contribution is 2.42. The zero-order chi connectivity index (χ0) is 24.6. The first kappa shape index (κ1) is 24.2. The lowest BCUT2D eigenvalue weighted by Gasteiger charge is -2.29. The van der Waals surface area contributed by atoms with Crippen molar-refractivity contribution in [3.05, 3.63) is 82.9 Å². The third kappa shape index (κ3) is 4.54. The highest BCUT2D eigenvalue weighted by atomic mass is 32.1. The van der Waals surface area contributed by atoms with E-state index in [-0.39, 0.29) is 17.8 Å². The van der Waals surface area contributed by atoms with Crippen molar-refractivity contribution in [1.29, 1.82) is 0 Å². The van der Waals surface area contributed by atoms with Crippen LogP contribution in [0.3, 0.4) is 0 Å². The summed E-state index contributed by atoms with van der Waals surface area (Å²) >= 11 is 5.71. The summed E-state index contributed by atoms with van der Waals surface area (Å²) in [7, 11) is 4.00. The molecular formula is C25H28F3N5S. The van der Waals surface area contributed by atoms with E-state index in [9.17, 15) is 13.2 Å². The second-order valence-corrected chi connectivity index (χ2v) is 9.19. The van der Waals surface area contributed by atoms with Crippen molar-refractivity contribution >= 4 is 17.3 Å². The first-order valence-corrected chi connectivity index (χ1v) is 11.5. The van der Waals surface area contributed by atoms with Crippen LogP contribution in [0.15, 0.2) is 54.7 Å². The number of para-hydroxylation sites is 1. The minimum atomic E-state index is -4.45. The molecule has 0 unspecified atom stereocenters. The largest absolute Gasteiger partial charge is 0.418 e. The Morgan fingerprint density at radius 2 is 1.79 bits per heavy atom. The summed E-state index contributed by atoms with van der Waals surface area (Å²) in [5, 5.41) is 4.02. The van der Waals surface area contributed by atoms with E-state index in [4.69, 9.17) is 12.2 Å². The van der Waals surface area contributed by atoms with E-state index in [1.807, 2.05) is 52.2 Å². The molecule has 1 aliphatic rings. The van der Waals surface area contributed by atoms with Crippen LogP contribution in [0.2, 0.25) is 0 Å². The lowest BCUT2D eigenvalue weighted by atomic mass is 9.96. The van der Waals surface area contributed by atoms with Crippen LogP contribution < -0.4 is 5.32 Å². The second-order valence-electron chi connectivity index (χ2n) is 8.80. The number of alkyl halides is 3. The van der Waals surface area contributed by atoms with Crippen molar-refractivity contribution < 1.29 is 13.2 Å². The van der Waals surface area contributed by atoms with Gasteiger partial charge < -0.3 is 19.7 Å². The van der Waals surface area contributed by atoms with Crippen LogP contribution in [0.5, 0.6) is 0 Å². The Labute approximate surface area is 203 Å². The van der Waals surface area contributed by atoms with Gasteiger partial charge in [-0.15, -0.1) is 0 Å². The number of likely N-dealkylation sites (N-methyl/N-ethyl adjacent to an activating group) is 1. The summed E-state index contributed by atoms with van der Waals surface area (Å²) in [6, 6.07) is 13.0. The lowest BCUT2D eigenvalue weighted by molar-refractivity contribution is -0.137. The van der Waals surface area contributed by atoms with Crippen LogP contribution in [-0.2, 0) is 6.18 Å². The van der Waals surface area contributed by atoms with Crippen molar-refractivity contribution in [1.82, 2.24) is 24.7 Å². The van der Waals surface area contributed by atoms with E-state index in [1.165, 1.54) is 12.1 Å². The summed E-state index contributed by atoms with van der Waals surface area (Å²) in [5.74, 6) is 0. The molecule has 1 aromatic carbocycles. The molecule has 180 valence electrons. The molecule has 0 amide bonds. The van der Waals surface area contributed by atoms with Gasteiger partial charge in [-0.3, -0.25) is 4.98 Å². The zero-order valence-corrected chi connectivity index (χ0v) is 20.4. The Hall–Kier alpha value is -2.91. The average molecular weight is 488 g/mol. The minimum Gasteiger partial charge on any atom is -0.352 e. The molecule has 0 radical (unpaired) electrons. The lowest BCUT2D eigenvalue weighted by Crippen LogP contribution is -2.35. The highest BCUT2D eigenvalue weighted by Gasteiger charge is 2.42. The third-order valence-electron chi connectivity index (χ3n) is 6.23. The number of hydrogen-bond acceptors (Lipinski definition) is 3. The predicted molar refractivity (Wildman–Crippen MR) is 131 cm³/mol. The number of hydrogen-bond donors (Lipinski definition) is 1. The Bertz CT molecular complexity index is 1170. The maximum atomic E-state index is 13.8. The van der Waals surface area contributed by atoms with Crippen molar-refractivity contribution in [3.8, 4) is 5.69 Å². The molecule has 1 fully saturated rings. The van der Waals surface area contributed by atoms with E-state index in [0.717, 1.165) is 35.3 Å². The maximum absolute atomic E-state index is 13.8.